The molecule has 1 fully saturated rings. The Bertz CT molecular complexity index is 594. The minimum atomic E-state index is -0.148. The van der Waals surface area contributed by atoms with Crippen LogP contribution in [0.2, 0.25) is 0 Å². The highest BCUT2D eigenvalue weighted by molar-refractivity contribution is 5.18. The zero-order valence-electron chi connectivity index (χ0n) is 13.8. The Morgan fingerprint density at radius 3 is 1.42 bits per heavy atom. The van der Waals surface area contributed by atoms with Gasteiger partial charge in [-0.05, 0) is 37.8 Å². The largest absolute Gasteiger partial charge is 0.310 e. The summed E-state index contributed by atoms with van der Waals surface area (Å²) in [6.45, 7) is 1.15. The molecular weight excluding hydrogens is 306 g/mol. The van der Waals surface area contributed by atoms with Crippen LogP contribution in [0.25, 0.3) is 0 Å². The summed E-state index contributed by atoms with van der Waals surface area (Å²) < 4.78 is 27.2. The van der Waals surface area contributed by atoms with Gasteiger partial charge in [0.25, 0.3) is 0 Å². The van der Waals surface area contributed by atoms with Crippen molar-refractivity contribution in [3.8, 4) is 0 Å². The van der Waals surface area contributed by atoms with Crippen molar-refractivity contribution in [1.82, 2.24) is 10.6 Å². The van der Waals surface area contributed by atoms with Crippen molar-refractivity contribution in [1.29, 1.82) is 0 Å². The summed E-state index contributed by atoms with van der Waals surface area (Å²) in [6.07, 6.45) is 4.24. The van der Waals surface area contributed by atoms with E-state index in [9.17, 15) is 8.78 Å². The van der Waals surface area contributed by atoms with Crippen LogP contribution in [-0.4, -0.2) is 12.1 Å². The third-order valence-corrected chi connectivity index (χ3v) is 4.81. The van der Waals surface area contributed by atoms with Gasteiger partial charge in [-0.15, -0.1) is 0 Å². The number of benzene rings is 2. The van der Waals surface area contributed by atoms with Crippen molar-refractivity contribution in [3.63, 3.8) is 0 Å². The van der Waals surface area contributed by atoms with Crippen LogP contribution in [0.4, 0.5) is 8.78 Å². The molecule has 3 rings (SSSR count). The molecule has 2 aromatic carbocycles. The topological polar surface area (TPSA) is 24.1 Å². The third kappa shape index (κ3) is 4.62. The van der Waals surface area contributed by atoms with Gasteiger partial charge in [-0.3, -0.25) is 0 Å². The molecule has 1 aliphatic rings. The highest BCUT2D eigenvalue weighted by Gasteiger charge is 2.20. The third-order valence-electron chi connectivity index (χ3n) is 4.81. The lowest BCUT2D eigenvalue weighted by molar-refractivity contribution is 0.304. The van der Waals surface area contributed by atoms with Gasteiger partial charge in [0.15, 0.2) is 0 Å². The standard InChI is InChI=1S/C20H24F2N2/c21-19-7-3-1-5-15(19)13-23-17-9-11-18(12-10-17)24-14-16-6-2-4-8-20(16)22/h1-8,17-18,23-24H,9-14H2. The second-order valence-corrected chi connectivity index (χ2v) is 6.49. The molecule has 2 aromatic rings. The van der Waals surface area contributed by atoms with Crippen molar-refractivity contribution in [2.24, 2.45) is 0 Å². The van der Waals surface area contributed by atoms with E-state index < -0.39 is 0 Å². The first kappa shape index (κ1) is 17.1. The van der Waals surface area contributed by atoms with Gasteiger partial charge < -0.3 is 10.6 Å². The van der Waals surface area contributed by atoms with Gasteiger partial charge in [-0.25, -0.2) is 8.78 Å². The average Bonchev–Trinajstić information content (AvgIpc) is 2.61. The average molecular weight is 330 g/mol. The van der Waals surface area contributed by atoms with Gasteiger partial charge in [0.05, 0.1) is 0 Å². The minimum Gasteiger partial charge on any atom is -0.310 e. The molecule has 2 N–H and O–H groups in total. The van der Waals surface area contributed by atoms with Crippen molar-refractivity contribution < 1.29 is 8.78 Å². The van der Waals surface area contributed by atoms with Crippen LogP contribution >= 0.6 is 0 Å². The van der Waals surface area contributed by atoms with Gasteiger partial charge >= 0.3 is 0 Å². The second-order valence-electron chi connectivity index (χ2n) is 6.49. The summed E-state index contributed by atoms with van der Waals surface area (Å²) in [5.41, 5.74) is 1.44. The zero-order chi connectivity index (χ0) is 16.8. The van der Waals surface area contributed by atoms with E-state index in [0.29, 0.717) is 25.2 Å². The van der Waals surface area contributed by atoms with Crippen LogP contribution in [0.15, 0.2) is 48.5 Å². The number of hydrogen-bond acceptors (Lipinski definition) is 2. The van der Waals surface area contributed by atoms with Crippen molar-refractivity contribution >= 4 is 0 Å². The van der Waals surface area contributed by atoms with Crippen molar-refractivity contribution in [2.75, 3.05) is 0 Å². The van der Waals surface area contributed by atoms with E-state index >= 15 is 0 Å². The van der Waals surface area contributed by atoms with E-state index in [1.165, 1.54) is 12.1 Å². The van der Waals surface area contributed by atoms with E-state index in [1.807, 2.05) is 24.3 Å². The van der Waals surface area contributed by atoms with Crippen LogP contribution in [-0.2, 0) is 13.1 Å². The molecule has 0 spiro atoms. The summed E-state index contributed by atoms with van der Waals surface area (Å²) in [5.74, 6) is -0.296. The molecule has 0 saturated heterocycles. The molecule has 0 heterocycles. The maximum atomic E-state index is 13.6. The summed E-state index contributed by atoms with van der Waals surface area (Å²) >= 11 is 0. The highest BCUT2D eigenvalue weighted by Crippen LogP contribution is 2.20. The molecule has 0 unspecified atom stereocenters. The summed E-state index contributed by atoms with van der Waals surface area (Å²) in [5, 5.41) is 6.91. The molecule has 1 aliphatic carbocycles. The van der Waals surface area contributed by atoms with Crippen LogP contribution in [0.3, 0.4) is 0 Å². The Kier molecular flexibility index (Phi) is 5.94. The Morgan fingerprint density at radius 1 is 0.667 bits per heavy atom. The molecule has 0 aromatic heterocycles. The smallest absolute Gasteiger partial charge is 0.127 e. The van der Waals surface area contributed by atoms with Crippen molar-refractivity contribution in [2.45, 2.75) is 50.9 Å². The minimum absolute atomic E-state index is 0.148. The Morgan fingerprint density at radius 2 is 1.04 bits per heavy atom. The molecule has 0 radical (unpaired) electrons. The van der Waals surface area contributed by atoms with Crippen LogP contribution in [0.5, 0.6) is 0 Å². The van der Waals surface area contributed by atoms with Crippen molar-refractivity contribution in [3.05, 3.63) is 71.3 Å². The Labute approximate surface area is 142 Å². The molecule has 0 amide bonds. The highest BCUT2D eigenvalue weighted by atomic mass is 19.1. The lowest BCUT2D eigenvalue weighted by Gasteiger charge is -2.30. The van der Waals surface area contributed by atoms with E-state index in [0.717, 1.165) is 36.8 Å². The predicted octanol–water partition coefficient (Wildman–Crippen LogP) is 4.16. The lowest BCUT2D eigenvalue weighted by atomic mass is 9.91. The van der Waals surface area contributed by atoms with E-state index in [-0.39, 0.29) is 11.6 Å². The normalized spacial score (nSPS) is 20.9. The fraction of sp³-hybridized carbons (Fsp3) is 0.400. The number of nitrogens with one attached hydrogen (secondary N) is 2. The first-order valence-electron chi connectivity index (χ1n) is 8.66. The number of hydrogen-bond donors (Lipinski definition) is 2. The van der Waals surface area contributed by atoms with Gasteiger partial charge in [-0.1, -0.05) is 36.4 Å². The van der Waals surface area contributed by atoms with Gasteiger partial charge in [0, 0.05) is 36.3 Å². The molecular formula is C20H24F2N2. The summed E-state index contributed by atoms with van der Waals surface area (Å²) in [6, 6.07) is 14.7. The predicted molar refractivity (Wildman–Crippen MR) is 92.5 cm³/mol. The maximum Gasteiger partial charge on any atom is 0.127 e. The Hall–Kier alpha value is -1.78. The van der Waals surface area contributed by atoms with Gasteiger partial charge in [0.2, 0.25) is 0 Å². The summed E-state index contributed by atoms with van der Waals surface area (Å²) in [7, 11) is 0. The fourth-order valence-corrected chi connectivity index (χ4v) is 3.29. The van der Waals surface area contributed by atoms with Crippen LogP contribution in [0.1, 0.15) is 36.8 Å². The monoisotopic (exact) mass is 330 g/mol. The molecule has 2 nitrogen and oxygen atoms in total. The first-order chi connectivity index (χ1) is 11.7. The number of halogens is 2. The molecule has 0 aliphatic heterocycles. The first-order valence-corrected chi connectivity index (χ1v) is 8.66. The van der Waals surface area contributed by atoms with E-state index in [1.54, 1.807) is 12.1 Å². The fourth-order valence-electron chi connectivity index (χ4n) is 3.29. The van der Waals surface area contributed by atoms with E-state index in [2.05, 4.69) is 10.6 Å². The molecule has 4 heteroatoms. The quantitative estimate of drug-likeness (QED) is 0.831. The molecule has 24 heavy (non-hydrogen) atoms. The van der Waals surface area contributed by atoms with E-state index in [4.69, 9.17) is 0 Å². The lowest BCUT2D eigenvalue weighted by Crippen LogP contribution is -2.39. The summed E-state index contributed by atoms with van der Waals surface area (Å²) in [4.78, 5) is 0. The maximum absolute atomic E-state index is 13.6. The second kappa shape index (κ2) is 8.36. The zero-order valence-corrected chi connectivity index (χ0v) is 13.8. The van der Waals surface area contributed by atoms with Crippen LogP contribution in [0, 0.1) is 11.6 Å². The molecule has 128 valence electrons. The molecule has 0 atom stereocenters. The SMILES string of the molecule is Fc1ccccc1CNC1CCC(NCc2ccccc2F)CC1. The van der Waals surface area contributed by atoms with Crippen LogP contribution < -0.4 is 10.6 Å². The molecule has 1 saturated carbocycles. The Balaban J connectivity index is 1.40. The van der Waals surface area contributed by atoms with Gasteiger partial charge in [-0.2, -0.15) is 0 Å². The molecule has 0 bridgehead atoms. The number of rotatable bonds is 6. The van der Waals surface area contributed by atoms with Gasteiger partial charge in [0.1, 0.15) is 11.6 Å².